The molecule has 1 amide bonds. The summed E-state index contributed by atoms with van der Waals surface area (Å²) in [6.07, 6.45) is -2.99. The molecule has 0 aliphatic heterocycles. The summed E-state index contributed by atoms with van der Waals surface area (Å²) in [4.78, 5) is 27.6. The van der Waals surface area contributed by atoms with E-state index in [1.165, 1.54) is 19.2 Å². The predicted molar refractivity (Wildman–Crippen MR) is 87.7 cm³/mol. The number of amides is 1. The number of methoxy groups -OCH3 is 1. The van der Waals surface area contributed by atoms with Crippen LogP contribution in [-0.2, 0) is 15.7 Å². The molecule has 28 heavy (non-hydrogen) atoms. The first-order valence-electron chi connectivity index (χ1n) is 8.68. The highest BCUT2D eigenvalue weighted by Crippen LogP contribution is 2.54. The van der Waals surface area contributed by atoms with Gasteiger partial charge < -0.3 is 14.6 Å². The molecule has 2 aliphatic carbocycles. The Balaban J connectivity index is 1.38. The first kappa shape index (κ1) is 18.5. The summed E-state index contributed by atoms with van der Waals surface area (Å²) in [5.41, 5.74) is -0.743. The lowest BCUT2D eigenvalue weighted by atomic mass is 10.1. The van der Waals surface area contributed by atoms with E-state index in [-0.39, 0.29) is 47.0 Å². The van der Waals surface area contributed by atoms with E-state index in [0.29, 0.717) is 0 Å². The number of benzene rings is 1. The van der Waals surface area contributed by atoms with Crippen molar-refractivity contribution < 1.29 is 32.0 Å². The molecule has 0 spiro atoms. The lowest BCUT2D eigenvalue weighted by Crippen LogP contribution is -2.27. The Morgan fingerprint density at radius 2 is 2.04 bits per heavy atom. The molecular weight excluding hydrogens is 379 g/mol. The highest BCUT2D eigenvalue weighted by molar-refractivity contribution is 5.90. The molecular formula is C18H16F3N3O4. The number of hydrogen-bond donors (Lipinski definition) is 1. The lowest BCUT2D eigenvalue weighted by molar-refractivity contribution is -0.142. The van der Waals surface area contributed by atoms with E-state index < -0.39 is 17.6 Å². The molecule has 2 fully saturated rings. The lowest BCUT2D eigenvalue weighted by Gasteiger charge is -2.06. The Morgan fingerprint density at radius 1 is 1.25 bits per heavy atom. The van der Waals surface area contributed by atoms with Gasteiger partial charge in [-0.15, -0.1) is 0 Å². The molecule has 2 aliphatic rings. The van der Waals surface area contributed by atoms with E-state index in [1.54, 1.807) is 0 Å². The fourth-order valence-corrected chi connectivity index (χ4v) is 3.46. The maximum Gasteiger partial charge on any atom is 0.416 e. The van der Waals surface area contributed by atoms with Gasteiger partial charge in [0.2, 0.25) is 5.82 Å². The number of aromatic nitrogens is 2. The minimum Gasteiger partial charge on any atom is -0.469 e. The zero-order valence-corrected chi connectivity index (χ0v) is 14.7. The molecule has 148 valence electrons. The molecule has 1 aromatic carbocycles. The third kappa shape index (κ3) is 3.58. The highest BCUT2D eigenvalue weighted by atomic mass is 19.4. The van der Waals surface area contributed by atoms with Crippen molar-refractivity contribution in [3.8, 4) is 11.4 Å². The van der Waals surface area contributed by atoms with Crippen molar-refractivity contribution in [1.82, 2.24) is 15.5 Å². The van der Waals surface area contributed by atoms with Crippen LogP contribution in [0.15, 0.2) is 28.8 Å². The zero-order chi connectivity index (χ0) is 20.1. The third-order valence-corrected chi connectivity index (χ3v) is 5.12. The molecule has 1 N–H and O–H groups in total. The molecule has 7 nitrogen and oxygen atoms in total. The van der Waals surface area contributed by atoms with Crippen molar-refractivity contribution in [3.05, 3.63) is 35.7 Å². The Labute approximate surface area is 157 Å². The van der Waals surface area contributed by atoms with Crippen LogP contribution in [-0.4, -0.2) is 35.2 Å². The normalized spacial score (nSPS) is 25.9. The zero-order valence-electron chi connectivity index (χ0n) is 14.7. The van der Waals surface area contributed by atoms with E-state index in [2.05, 4.69) is 15.5 Å². The number of carbonyl (C=O) groups excluding carboxylic acids is 2. The first-order chi connectivity index (χ1) is 13.3. The van der Waals surface area contributed by atoms with E-state index in [9.17, 15) is 22.8 Å². The van der Waals surface area contributed by atoms with E-state index >= 15 is 0 Å². The topological polar surface area (TPSA) is 94.3 Å². The fraction of sp³-hybridized carbons (Fsp3) is 0.444. The van der Waals surface area contributed by atoms with Crippen molar-refractivity contribution in [3.63, 3.8) is 0 Å². The highest BCUT2D eigenvalue weighted by Gasteiger charge is 2.57. The van der Waals surface area contributed by atoms with Gasteiger partial charge in [-0.1, -0.05) is 17.3 Å². The number of hydrogen-bond acceptors (Lipinski definition) is 6. The minimum absolute atomic E-state index is 0.0870. The molecule has 1 aromatic heterocycles. The van der Waals surface area contributed by atoms with E-state index in [0.717, 1.165) is 25.0 Å². The smallest absolute Gasteiger partial charge is 0.416 e. The van der Waals surface area contributed by atoms with Gasteiger partial charge in [0.15, 0.2) is 0 Å². The summed E-state index contributed by atoms with van der Waals surface area (Å²) in [7, 11) is 1.35. The van der Waals surface area contributed by atoms with Crippen molar-refractivity contribution in [2.24, 2.45) is 17.8 Å². The summed E-state index contributed by atoms with van der Waals surface area (Å²) < 4.78 is 48.1. The van der Waals surface area contributed by atoms with Crippen molar-refractivity contribution >= 4 is 11.9 Å². The number of ether oxygens (including phenoxy) is 1. The van der Waals surface area contributed by atoms with Gasteiger partial charge in [0.1, 0.15) is 0 Å². The standard InChI is InChI=1S/C18H16F3N3O4/c1-27-17(26)12-6-10(12)11-7-13(11)22-15(25)16-23-14(24-28-16)8-3-2-4-9(5-8)18(19,20)21/h2-5,10-13H,6-7H2,1H3,(H,22,25)/t10-,11+,12-,13+/m1/s1. The molecule has 2 saturated carbocycles. The Bertz CT molecular complexity index is 927. The van der Waals surface area contributed by atoms with Gasteiger partial charge in [-0.2, -0.15) is 18.2 Å². The molecule has 0 bridgehead atoms. The molecule has 2 aromatic rings. The molecule has 4 rings (SSSR count). The molecule has 10 heteroatoms. The third-order valence-electron chi connectivity index (χ3n) is 5.12. The summed E-state index contributed by atoms with van der Waals surface area (Å²) in [6, 6.07) is 4.37. The van der Waals surface area contributed by atoms with Crippen LogP contribution >= 0.6 is 0 Å². The van der Waals surface area contributed by atoms with E-state index in [4.69, 9.17) is 9.26 Å². The number of nitrogens with one attached hydrogen (secondary N) is 1. The average molecular weight is 395 g/mol. The summed E-state index contributed by atoms with van der Waals surface area (Å²) in [5.74, 6) is -0.930. The van der Waals surface area contributed by atoms with Crippen LogP contribution in [0.4, 0.5) is 13.2 Å². The van der Waals surface area contributed by atoms with Crippen LogP contribution in [0.2, 0.25) is 0 Å². The number of esters is 1. The van der Waals surface area contributed by atoms with Crippen molar-refractivity contribution in [2.75, 3.05) is 7.11 Å². The van der Waals surface area contributed by atoms with Crippen LogP contribution in [0.1, 0.15) is 29.1 Å². The van der Waals surface area contributed by atoms with Crippen LogP contribution in [0, 0.1) is 17.8 Å². The van der Waals surface area contributed by atoms with Crippen LogP contribution in [0.25, 0.3) is 11.4 Å². The second kappa shape index (κ2) is 6.61. The largest absolute Gasteiger partial charge is 0.469 e. The predicted octanol–water partition coefficient (Wildman–Crippen LogP) is 2.68. The average Bonchev–Trinajstić information content (AvgIpc) is 3.56. The molecule has 0 unspecified atom stereocenters. The second-order valence-electron chi connectivity index (χ2n) is 7.01. The van der Waals surface area contributed by atoms with Gasteiger partial charge in [0.25, 0.3) is 0 Å². The Morgan fingerprint density at radius 3 is 2.75 bits per heavy atom. The number of carbonyl (C=O) groups is 2. The molecule has 1 heterocycles. The quantitative estimate of drug-likeness (QED) is 0.783. The Hall–Kier alpha value is -2.91. The maximum absolute atomic E-state index is 12.8. The van der Waals surface area contributed by atoms with Gasteiger partial charge in [0, 0.05) is 11.6 Å². The van der Waals surface area contributed by atoms with Crippen molar-refractivity contribution in [1.29, 1.82) is 0 Å². The maximum atomic E-state index is 12.8. The number of halogens is 3. The van der Waals surface area contributed by atoms with Gasteiger partial charge in [0.05, 0.1) is 18.6 Å². The summed E-state index contributed by atoms with van der Waals surface area (Å²) >= 11 is 0. The Kier molecular flexibility index (Phi) is 4.35. The first-order valence-corrected chi connectivity index (χ1v) is 8.68. The van der Waals surface area contributed by atoms with Crippen LogP contribution in [0.5, 0.6) is 0 Å². The summed E-state index contributed by atoms with van der Waals surface area (Å²) in [6.45, 7) is 0. The number of nitrogens with zero attached hydrogens (tertiary/aromatic N) is 2. The van der Waals surface area contributed by atoms with Gasteiger partial charge in [-0.25, -0.2) is 0 Å². The van der Waals surface area contributed by atoms with Crippen LogP contribution in [0.3, 0.4) is 0 Å². The van der Waals surface area contributed by atoms with Crippen molar-refractivity contribution in [2.45, 2.75) is 25.1 Å². The van der Waals surface area contributed by atoms with Gasteiger partial charge in [-0.05, 0) is 36.8 Å². The minimum atomic E-state index is -4.49. The monoisotopic (exact) mass is 395 g/mol. The second-order valence-corrected chi connectivity index (χ2v) is 7.01. The fourth-order valence-electron chi connectivity index (χ4n) is 3.46. The molecule has 4 atom stereocenters. The molecule has 0 saturated heterocycles. The van der Waals surface area contributed by atoms with Gasteiger partial charge in [-0.3, -0.25) is 9.59 Å². The summed E-state index contributed by atoms with van der Waals surface area (Å²) in [5, 5.41) is 6.35. The number of alkyl halides is 3. The van der Waals surface area contributed by atoms with Gasteiger partial charge >= 0.3 is 23.9 Å². The number of rotatable bonds is 5. The molecule has 0 radical (unpaired) electrons. The van der Waals surface area contributed by atoms with E-state index in [1.807, 2.05) is 0 Å². The SMILES string of the molecule is COC(=O)[C@@H]1C[C@@H]1[C@@H]1C[C@@H]1NC(=O)c1nc(-c2cccc(C(F)(F)F)c2)no1. The van der Waals surface area contributed by atoms with Crippen LogP contribution < -0.4 is 5.32 Å².